The van der Waals surface area contributed by atoms with E-state index in [0.717, 1.165) is 45.5 Å². The third-order valence-corrected chi connectivity index (χ3v) is 6.62. The van der Waals surface area contributed by atoms with E-state index in [4.69, 9.17) is 4.74 Å². The first-order chi connectivity index (χ1) is 11.5. The van der Waals surface area contributed by atoms with Crippen molar-refractivity contribution in [2.75, 3.05) is 26.3 Å². The Morgan fingerprint density at radius 1 is 1.38 bits per heavy atom. The zero-order valence-electron chi connectivity index (χ0n) is 15.1. The monoisotopic (exact) mass is 350 g/mol. The molecule has 0 radical (unpaired) electrons. The van der Waals surface area contributed by atoms with Crippen molar-refractivity contribution in [2.24, 2.45) is 11.3 Å². The molecule has 2 saturated heterocycles. The number of hydrogen-bond donors (Lipinski definition) is 1. The molecule has 1 aromatic heterocycles. The average molecular weight is 351 g/mol. The van der Waals surface area contributed by atoms with Crippen LogP contribution in [0.3, 0.4) is 0 Å². The van der Waals surface area contributed by atoms with E-state index in [9.17, 15) is 4.79 Å². The molecule has 1 N–H and O–H groups in total. The summed E-state index contributed by atoms with van der Waals surface area (Å²) in [5.74, 6) is 0.187. The third kappa shape index (κ3) is 4.01. The Bertz CT molecular complexity index is 561. The Hall–Kier alpha value is -0.910. The molecule has 4 nitrogen and oxygen atoms in total. The number of ether oxygens (including phenoxy) is 1. The zero-order valence-corrected chi connectivity index (χ0v) is 16.0. The van der Waals surface area contributed by atoms with Gasteiger partial charge in [0, 0.05) is 28.8 Å². The molecule has 1 amide bonds. The van der Waals surface area contributed by atoms with Crippen molar-refractivity contribution in [1.29, 1.82) is 0 Å². The van der Waals surface area contributed by atoms with Crippen molar-refractivity contribution in [3.8, 4) is 0 Å². The third-order valence-electron chi connectivity index (χ3n) is 5.64. The van der Waals surface area contributed by atoms with Crippen molar-refractivity contribution in [3.05, 3.63) is 21.9 Å². The highest BCUT2D eigenvalue weighted by Gasteiger charge is 2.44. The Kier molecular flexibility index (Phi) is 5.63. The van der Waals surface area contributed by atoms with Crippen molar-refractivity contribution in [2.45, 2.75) is 52.6 Å². The van der Waals surface area contributed by atoms with Crippen molar-refractivity contribution in [3.63, 3.8) is 0 Å². The molecule has 3 rings (SSSR count). The van der Waals surface area contributed by atoms with E-state index in [-0.39, 0.29) is 23.3 Å². The molecular weight excluding hydrogens is 320 g/mol. The summed E-state index contributed by atoms with van der Waals surface area (Å²) in [6, 6.07) is 4.64. The van der Waals surface area contributed by atoms with Crippen LogP contribution < -0.4 is 5.32 Å². The number of carbonyl (C=O) groups is 1. The number of piperidine rings is 1. The molecule has 0 bridgehead atoms. The summed E-state index contributed by atoms with van der Waals surface area (Å²) >= 11 is 1.90. The van der Waals surface area contributed by atoms with E-state index >= 15 is 0 Å². The molecule has 0 saturated carbocycles. The van der Waals surface area contributed by atoms with Gasteiger partial charge in [0.25, 0.3) is 0 Å². The van der Waals surface area contributed by atoms with Gasteiger partial charge >= 0.3 is 0 Å². The van der Waals surface area contributed by atoms with Crippen LogP contribution in [-0.4, -0.2) is 43.2 Å². The van der Waals surface area contributed by atoms with Crippen molar-refractivity contribution < 1.29 is 9.53 Å². The number of rotatable bonds is 4. The minimum Gasteiger partial charge on any atom is -0.379 e. The van der Waals surface area contributed by atoms with Crippen molar-refractivity contribution in [1.82, 2.24) is 10.2 Å². The van der Waals surface area contributed by atoms with Crippen LogP contribution in [0.25, 0.3) is 0 Å². The Morgan fingerprint density at radius 2 is 2.12 bits per heavy atom. The number of likely N-dealkylation sites (tertiary alicyclic amines) is 1. The molecule has 134 valence electrons. The van der Waals surface area contributed by atoms with E-state index in [1.165, 1.54) is 9.75 Å². The molecule has 0 aliphatic carbocycles. The van der Waals surface area contributed by atoms with Gasteiger partial charge in [0.1, 0.15) is 0 Å². The van der Waals surface area contributed by atoms with Gasteiger partial charge in [-0.25, -0.2) is 0 Å². The Labute approximate surface area is 149 Å². The lowest BCUT2D eigenvalue weighted by molar-refractivity contribution is -0.129. The molecule has 24 heavy (non-hydrogen) atoms. The van der Waals surface area contributed by atoms with E-state index < -0.39 is 0 Å². The molecule has 3 heterocycles. The second-order valence-electron chi connectivity index (χ2n) is 7.69. The predicted molar refractivity (Wildman–Crippen MR) is 98.2 cm³/mol. The number of hydrogen-bond acceptors (Lipinski definition) is 4. The summed E-state index contributed by atoms with van der Waals surface area (Å²) in [6.07, 6.45) is 3.38. The summed E-state index contributed by atoms with van der Waals surface area (Å²) in [7, 11) is 0. The van der Waals surface area contributed by atoms with Crippen LogP contribution in [0.5, 0.6) is 0 Å². The largest absolute Gasteiger partial charge is 0.379 e. The maximum Gasteiger partial charge on any atom is 0.222 e. The fourth-order valence-corrected chi connectivity index (χ4v) is 4.84. The maximum absolute atomic E-state index is 12.2. The lowest BCUT2D eigenvalue weighted by Gasteiger charge is -2.49. The molecule has 2 fully saturated rings. The van der Waals surface area contributed by atoms with Gasteiger partial charge in [-0.2, -0.15) is 0 Å². The summed E-state index contributed by atoms with van der Waals surface area (Å²) in [6.45, 7) is 10.9. The molecule has 1 spiro atoms. The van der Waals surface area contributed by atoms with Gasteiger partial charge in [0.15, 0.2) is 0 Å². The number of nitrogens with zero attached hydrogens (tertiary/aromatic N) is 1. The van der Waals surface area contributed by atoms with E-state index in [0.29, 0.717) is 6.61 Å². The van der Waals surface area contributed by atoms with Gasteiger partial charge in [0.05, 0.1) is 12.6 Å². The first-order valence-corrected chi connectivity index (χ1v) is 9.96. The number of thiophene rings is 1. The number of carbonyl (C=O) groups excluding carboxylic acids is 1. The summed E-state index contributed by atoms with van der Waals surface area (Å²) in [4.78, 5) is 17.6. The van der Waals surface area contributed by atoms with Gasteiger partial charge in [0.2, 0.25) is 5.91 Å². The quantitative estimate of drug-likeness (QED) is 0.907. The van der Waals surface area contributed by atoms with Gasteiger partial charge in [-0.1, -0.05) is 13.8 Å². The van der Waals surface area contributed by atoms with E-state index in [2.05, 4.69) is 29.3 Å². The van der Waals surface area contributed by atoms with E-state index in [1.54, 1.807) is 0 Å². The minimum atomic E-state index is 0.0335. The topological polar surface area (TPSA) is 41.6 Å². The van der Waals surface area contributed by atoms with Crippen LogP contribution in [0.4, 0.5) is 0 Å². The van der Waals surface area contributed by atoms with Gasteiger partial charge in [-0.15, -0.1) is 11.3 Å². The molecule has 0 aromatic carbocycles. The average Bonchev–Trinajstić information content (AvgIpc) is 2.97. The smallest absolute Gasteiger partial charge is 0.222 e. The number of aryl methyl sites for hydroxylation is 1. The summed E-state index contributed by atoms with van der Waals surface area (Å²) in [5.41, 5.74) is 0.227. The number of nitrogens with one attached hydrogen (secondary N) is 1. The molecule has 2 aliphatic heterocycles. The maximum atomic E-state index is 12.2. The molecule has 0 unspecified atom stereocenters. The van der Waals surface area contributed by atoms with Crippen LogP contribution in [0.2, 0.25) is 0 Å². The van der Waals surface area contributed by atoms with Crippen LogP contribution >= 0.6 is 11.3 Å². The van der Waals surface area contributed by atoms with Crippen LogP contribution in [0.1, 0.15) is 42.9 Å². The fourth-order valence-electron chi connectivity index (χ4n) is 3.91. The van der Waals surface area contributed by atoms with Gasteiger partial charge < -0.3 is 10.1 Å². The van der Waals surface area contributed by atoms with Gasteiger partial charge in [-0.3, -0.25) is 9.69 Å². The second kappa shape index (κ2) is 7.54. The minimum absolute atomic E-state index is 0.0335. The lowest BCUT2D eigenvalue weighted by atomic mass is 9.69. The van der Waals surface area contributed by atoms with Crippen LogP contribution in [-0.2, 0) is 16.1 Å². The fraction of sp³-hybridized carbons (Fsp3) is 0.737. The zero-order chi connectivity index (χ0) is 17.2. The summed E-state index contributed by atoms with van der Waals surface area (Å²) in [5, 5.41) is 3.27. The standard InChI is InChI=1S/C19H30N2O2S/c1-14(2)18(22)20-17-13-23-11-8-19(17)6-9-21(10-7-19)12-16-5-4-15(3)24-16/h4-5,14,17H,6-13H2,1-3H3,(H,20,22)/t17-/m0/s1. The first-order valence-electron chi connectivity index (χ1n) is 9.14. The lowest BCUT2D eigenvalue weighted by Crippen LogP contribution is -2.58. The molecular formula is C19H30N2O2S. The van der Waals surface area contributed by atoms with Crippen LogP contribution in [0.15, 0.2) is 12.1 Å². The highest BCUT2D eigenvalue weighted by molar-refractivity contribution is 7.11. The second-order valence-corrected chi connectivity index (χ2v) is 9.06. The highest BCUT2D eigenvalue weighted by Crippen LogP contribution is 2.41. The first kappa shape index (κ1) is 17.9. The highest BCUT2D eigenvalue weighted by atomic mass is 32.1. The summed E-state index contributed by atoms with van der Waals surface area (Å²) < 4.78 is 5.69. The molecule has 1 atom stereocenters. The molecule has 5 heteroatoms. The SMILES string of the molecule is Cc1ccc(CN2CCC3(CCOC[C@@H]3NC(=O)C(C)C)CC2)s1. The molecule has 1 aromatic rings. The number of amides is 1. The van der Waals surface area contributed by atoms with Crippen LogP contribution in [0, 0.1) is 18.3 Å². The van der Waals surface area contributed by atoms with E-state index in [1.807, 2.05) is 25.2 Å². The normalized spacial score (nSPS) is 24.4. The molecule has 2 aliphatic rings. The van der Waals surface area contributed by atoms with Crippen molar-refractivity contribution >= 4 is 17.2 Å². The predicted octanol–water partition coefficient (Wildman–Crippen LogP) is 3.20. The Morgan fingerprint density at radius 3 is 2.75 bits per heavy atom. The van der Waals surface area contributed by atoms with Gasteiger partial charge in [-0.05, 0) is 56.8 Å². The Balaban J connectivity index is 1.60.